The van der Waals surface area contributed by atoms with Crippen LogP contribution in [-0.4, -0.2) is 60.3 Å². The number of halogens is 3. The van der Waals surface area contributed by atoms with Crippen LogP contribution in [0.15, 0.2) is 18.5 Å². The largest absolute Gasteiger partial charge is 0.394 e. The molecule has 2 N–H and O–H groups in total. The number of nitrogens with zero attached hydrogens (tertiary/aromatic N) is 4. The van der Waals surface area contributed by atoms with Gasteiger partial charge in [-0.15, -0.1) is 0 Å². The molecule has 2 rings (SSSR count). The van der Waals surface area contributed by atoms with Gasteiger partial charge < -0.3 is 10.6 Å². The first-order valence-electron chi connectivity index (χ1n) is 6.52. The smallest absolute Gasteiger partial charge is 0.338 e. The number of nitrogens with two attached hydrogens (primary N) is 1. The first kappa shape index (κ1) is 15.0. The van der Waals surface area contributed by atoms with E-state index >= 15 is 0 Å². The SMILES string of the molecule is NCC(CN1CCN(c2ncccn2)CC1)C(F)(F)F. The average Bonchev–Trinajstić information content (AvgIpc) is 2.45. The van der Waals surface area contributed by atoms with E-state index in [0.717, 1.165) is 0 Å². The molecule has 0 amide bonds. The Morgan fingerprint density at radius 1 is 1.15 bits per heavy atom. The second kappa shape index (κ2) is 6.36. The van der Waals surface area contributed by atoms with Gasteiger partial charge in [-0.1, -0.05) is 0 Å². The number of anilines is 1. The number of hydrogen-bond acceptors (Lipinski definition) is 5. The third-order valence-corrected chi connectivity index (χ3v) is 3.43. The molecule has 1 aromatic rings. The monoisotopic (exact) mass is 289 g/mol. The molecule has 0 aliphatic carbocycles. The van der Waals surface area contributed by atoms with Crippen molar-refractivity contribution >= 4 is 5.95 Å². The molecule has 1 aliphatic heterocycles. The van der Waals surface area contributed by atoms with Gasteiger partial charge in [0.2, 0.25) is 5.95 Å². The Hall–Kier alpha value is -1.41. The van der Waals surface area contributed by atoms with E-state index in [4.69, 9.17) is 5.73 Å². The predicted molar refractivity (Wildman–Crippen MR) is 69.3 cm³/mol. The summed E-state index contributed by atoms with van der Waals surface area (Å²) >= 11 is 0. The van der Waals surface area contributed by atoms with E-state index in [1.165, 1.54) is 0 Å². The Morgan fingerprint density at radius 2 is 1.75 bits per heavy atom. The lowest BCUT2D eigenvalue weighted by atomic mass is 10.1. The van der Waals surface area contributed by atoms with E-state index < -0.39 is 12.1 Å². The molecule has 0 aromatic carbocycles. The van der Waals surface area contributed by atoms with Crippen LogP contribution in [0.2, 0.25) is 0 Å². The van der Waals surface area contributed by atoms with Crippen molar-refractivity contribution < 1.29 is 13.2 Å². The molecular formula is C12H18F3N5. The molecule has 5 nitrogen and oxygen atoms in total. The molecule has 1 fully saturated rings. The normalized spacial score (nSPS) is 19.1. The Morgan fingerprint density at radius 3 is 2.25 bits per heavy atom. The van der Waals surface area contributed by atoms with Crippen LogP contribution in [0.5, 0.6) is 0 Å². The molecule has 0 saturated carbocycles. The molecule has 0 radical (unpaired) electrons. The van der Waals surface area contributed by atoms with Crippen LogP contribution in [0.25, 0.3) is 0 Å². The van der Waals surface area contributed by atoms with Crippen LogP contribution in [0.1, 0.15) is 0 Å². The van der Waals surface area contributed by atoms with Gasteiger partial charge in [-0.2, -0.15) is 13.2 Å². The highest BCUT2D eigenvalue weighted by atomic mass is 19.4. The molecule has 1 aliphatic rings. The van der Waals surface area contributed by atoms with Crippen molar-refractivity contribution in [2.45, 2.75) is 6.18 Å². The van der Waals surface area contributed by atoms with Crippen LogP contribution in [0.3, 0.4) is 0 Å². The molecule has 1 saturated heterocycles. The molecule has 1 aromatic heterocycles. The van der Waals surface area contributed by atoms with E-state index in [2.05, 4.69) is 9.97 Å². The first-order chi connectivity index (χ1) is 9.50. The summed E-state index contributed by atoms with van der Waals surface area (Å²) in [6, 6.07) is 1.73. The highest BCUT2D eigenvalue weighted by Gasteiger charge is 2.39. The van der Waals surface area contributed by atoms with Crippen molar-refractivity contribution in [1.29, 1.82) is 0 Å². The maximum atomic E-state index is 12.7. The lowest BCUT2D eigenvalue weighted by Crippen LogP contribution is -2.50. The maximum absolute atomic E-state index is 12.7. The summed E-state index contributed by atoms with van der Waals surface area (Å²) in [6.07, 6.45) is -0.917. The number of alkyl halides is 3. The van der Waals surface area contributed by atoms with Gasteiger partial charge in [0.05, 0.1) is 5.92 Å². The second-order valence-corrected chi connectivity index (χ2v) is 4.81. The average molecular weight is 289 g/mol. The highest BCUT2D eigenvalue weighted by Crippen LogP contribution is 2.26. The third-order valence-electron chi connectivity index (χ3n) is 3.43. The summed E-state index contributed by atoms with van der Waals surface area (Å²) < 4.78 is 38.0. The lowest BCUT2D eigenvalue weighted by molar-refractivity contribution is -0.176. The van der Waals surface area contributed by atoms with Crippen molar-refractivity contribution in [1.82, 2.24) is 14.9 Å². The zero-order valence-electron chi connectivity index (χ0n) is 11.1. The summed E-state index contributed by atoms with van der Waals surface area (Å²) in [7, 11) is 0. The highest BCUT2D eigenvalue weighted by molar-refractivity contribution is 5.29. The van der Waals surface area contributed by atoms with E-state index in [1.54, 1.807) is 23.4 Å². The van der Waals surface area contributed by atoms with Gasteiger partial charge in [0.1, 0.15) is 0 Å². The summed E-state index contributed by atoms with van der Waals surface area (Å²) in [6.45, 7) is 1.96. The fraction of sp³-hybridized carbons (Fsp3) is 0.667. The summed E-state index contributed by atoms with van der Waals surface area (Å²) in [5.74, 6) is -0.833. The van der Waals surface area contributed by atoms with E-state index in [1.807, 2.05) is 4.90 Å². The van der Waals surface area contributed by atoms with Gasteiger partial charge in [-0.3, -0.25) is 4.90 Å². The van der Waals surface area contributed by atoms with Crippen LogP contribution >= 0.6 is 0 Å². The minimum atomic E-state index is -4.23. The Kier molecular flexibility index (Phi) is 4.77. The van der Waals surface area contributed by atoms with Crippen molar-refractivity contribution in [2.75, 3.05) is 44.2 Å². The number of aromatic nitrogens is 2. The van der Waals surface area contributed by atoms with Gasteiger partial charge >= 0.3 is 6.18 Å². The van der Waals surface area contributed by atoms with E-state index in [-0.39, 0.29) is 13.1 Å². The Labute approximate surface area is 115 Å². The molecule has 0 bridgehead atoms. The van der Waals surface area contributed by atoms with E-state index in [9.17, 15) is 13.2 Å². The van der Waals surface area contributed by atoms with Crippen molar-refractivity contribution in [3.63, 3.8) is 0 Å². The van der Waals surface area contributed by atoms with Crippen molar-refractivity contribution in [2.24, 2.45) is 11.7 Å². The molecule has 8 heteroatoms. The van der Waals surface area contributed by atoms with Crippen molar-refractivity contribution in [3.05, 3.63) is 18.5 Å². The molecule has 1 unspecified atom stereocenters. The summed E-state index contributed by atoms with van der Waals surface area (Å²) in [4.78, 5) is 12.1. The van der Waals surface area contributed by atoms with Crippen molar-refractivity contribution in [3.8, 4) is 0 Å². The van der Waals surface area contributed by atoms with Gasteiger partial charge in [-0.05, 0) is 6.07 Å². The number of rotatable bonds is 4. The standard InChI is InChI=1S/C12H18F3N5/c13-12(14,15)10(8-16)9-19-4-6-20(7-5-19)11-17-2-1-3-18-11/h1-3,10H,4-9,16H2. The molecular weight excluding hydrogens is 271 g/mol. The predicted octanol–water partition coefficient (Wildman–Crippen LogP) is 0.736. The molecule has 2 heterocycles. The summed E-state index contributed by atoms with van der Waals surface area (Å²) in [5, 5.41) is 0. The van der Waals surface area contributed by atoms with Gasteiger partial charge in [0.15, 0.2) is 0 Å². The van der Waals surface area contributed by atoms with Gasteiger partial charge in [0.25, 0.3) is 0 Å². The fourth-order valence-corrected chi connectivity index (χ4v) is 2.21. The van der Waals surface area contributed by atoms with Crippen LogP contribution in [0.4, 0.5) is 19.1 Å². The Bertz CT molecular complexity index is 403. The maximum Gasteiger partial charge on any atom is 0.394 e. The van der Waals surface area contributed by atoms with Crippen LogP contribution in [-0.2, 0) is 0 Å². The minimum absolute atomic E-state index is 0.0382. The zero-order chi connectivity index (χ0) is 14.6. The van der Waals surface area contributed by atoms with Crippen LogP contribution in [0, 0.1) is 5.92 Å². The quantitative estimate of drug-likeness (QED) is 0.886. The molecule has 0 spiro atoms. The zero-order valence-corrected chi connectivity index (χ0v) is 11.1. The number of piperazine rings is 1. The molecule has 1 atom stereocenters. The topological polar surface area (TPSA) is 58.3 Å². The third kappa shape index (κ3) is 3.80. The lowest BCUT2D eigenvalue weighted by Gasteiger charge is -2.36. The summed E-state index contributed by atoms with van der Waals surface area (Å²) in [5.41, 5.74) is 5.22. The van der Waals surface area contributed by atoms with Gasteiger partial charge in [-0.25, -0.2) is 9.97 Å². The first-order valence-corrected chi connectivity index (χ1v) is 6.52. The van der Waals surface area contributed by atoms with Crippen LogP contribution < -0.4 is 10.6 Å². The number of hydrogen-bond donors (Lipinski definition) is 1. The fourth-order valence-electron chi connectivity index (χ4n) is 2.21. The second-order valence-electron chi connectivity index (χ2n) is 4.81. The Balaban J connectivity index is 1.85. The molecule has 20 heavy (non-hydrogen) atoms. The van der Waals surface area contributed by atoms with E-state index in [0.29, 0.717) is 32.1 Å². The van der Waals surface area contributed by atoms with Gasteiger partial charge in [0, 0.05) is 51.7 Å². The molecule has 112 valence electrons. The minimum Gasteiger partial charge on any atom is -0.338 e.